The summed E-state index contributed by atoms with van der Waals surface area (Å²) in [6.45, 7) is 1.41. The molecule has 0 saturated heterocycles. The maximum absolute atomic E-state index is 13.1. The molecule has 0 aliphatic carbocycles. The first-order valence-electron chi connectivity index (χ1n) is 10.3. The molecule has 10 heteroatoms. The summed E-state index contributed by atoms with van der Waals surface area (Å²) < 4.78 is 39.2. The van der Waals surface area contributed by atoms with E-state index in [1.54, 1.807) is 36.5 Å². The first-order chi connectivity index (χ1) is 16.6. The zero-order chi connectivity index (χ0) is 25.2. The molecular formula is C25H18ClF3N4O2. The zero-order valence-electron chi connectivity index (χ0n) is 18.2. The quantitative estimate of drug-likeness (QED) is 0.279. The van der Waals surface area contributed by atoms with Crippen LogP contribution in [-0.4, -0.2) is 16.9 Å². The van der Waals surface area contributed by atoms with Gasteiger partial charge in [-0.3, -0.25) is 9.78 Å². The molecule has 0 aliphatic rings. The SMILES string of the molecule is CC(=O)Nc1cccc2c(-c3cccc(NC(=O)Nc4ccc(Cl)c(C(F)(F)F)c4)c3)ccnc12. The molecule has 0 spiro atoms. The third kappa shape index (κ3) is 5.52. The molecule has 4 rings (SSSR count). The Balaban J connectivity index is 1.58. The van der Waals surface area contributed by atoms with Crippen molar-refractivity contribution in [2.45, 2.75) is 13.1 Å². The van der Waals surface area contributed by atoms with Gasteiger partial charge in [0.15, 0.2) is 0 Å². The molecule has 3 aromatic carbocycles. The number of hydrogen-bond acceptors (Lipinski definition) is 3. The summed E-state index contributed by atoms with van der Waals surface area (Å²) in [6, 6.07) is 16.6. The van der Waals surface area contributed by atoms with Crippen LogP contribution in [0.2, 0.25) is 5.02 Å². The van der Waals surface area contributed by atoms with E-state index in [4.69, 9.17) is 11.6 Å². The summed E-state index contributed by atoms with van der Waals surface area (Å²) >= 11 is 5.63. The first-order valence-corrected chi connectivity index (χ1v) is 10.7. The molecular weight excluding hydrogens is 481 g/mol. The molecule has 1 heterocycles. The Hall–Kier alpha value is -4.11. The average Bonchev–Trinajstić information content (AvgIpc) is 2.79. The predicted octanol–water partition coefficient (Wildman–Crippen LogP) is 7.18. The Kier molecular flexibility index (Phi) is 6.61. The molecule has 35 heavy (non-hydrogen) atoms. The van der Waals surface area contributed by atoms with Gasteiger partial charge in [-0.05, 0) is 53.6 Å². The summed E-state index contributed by atoms with van der Waals surface area (Å²) in [4.78, 5) is 28.4. The molecule has 3 N–H and O–H groups in total. The van der Waals surface area contributed by atoms with Crippen molar-refractivity contribution < 1.29 is 22.8 Å². The van der Waals surface area contributed by atoms with Crippen LogP contribution in [0.5, 0.6) is 0 Å². The van der Waals surface area contributed by atoms with Crippen molar-refractivity contribution in [3.63, 3.8) is 0 Å². The van der Waals surface area contributed by atoms with Gasteiger partial charge in [-0.1, -0.05) is 35.9 Å². The van der Waals surface area contributed by atoms with Crippen molar-refractivity contribution >= 4 is 51.5 Å². The van der Waals surface area contributed by atoms with Crippen LogP contribution in [-0.2, 0) is 11.0 Å². The Labute approximate surface area is 203 Å². The summed E-state index contributed by atoms with van der Waals surface area (Å²) in [6.07, 6.45) is -3.03. The van der Waals surface area contributed by atoms with Gasteiger partial charge in [-0.2, -0.15) is 13.2 Å². The fourth-order valence-corrected chi connectivity index (χ4v) is 3.82. The van der Waals surface area contributed by atoms with Crippen LogP contribution in [0, 0.1) is 0 Å². The van der Waals surface area contributed by atoms with E-state index >= 15 is 0 Å². The highest BCUT2D eigenvalue weighted by molar-refractivity contribution is 6.31. The fraction of sp³-hybridized carbons (Fsp3) is 0.0800. The van der Waals surface area contributed by atoms with Crippen molar-refractivity contribution in [2.24, 2.45) is 0 Å². The van der Waals surface area contributed by atoms with E-state index in [-0.39, 0.29) is 11.6 Å². The number of hydrogen-bond donors (Lipinski definition) is 3. The summed E-state index contributed by atoms with van der Waals surface area (Å²) in [5.74, 6) is -0.218. The second-order valence-electron chi connectivity index (χ2n) is 7.59. The van der Waals surface area contributed by atoms with Gasteiger partial charge < -0.3 is 16.0 Å². The van der Waals surface area contributed by atoms with Crippen LogP contribution >= 0.6 is 11.6 Å². The van der Waals surface area contributed by atoms with Gasteiger partial charge in [0.2, 0.25) is 5.91 Å². The Bertz CT molecular complexity index is 1440. The van der Waals surface area contributed by atoms with E-state index < -0.39 is 22.8 Å². The summed E-state index contributed by atoms with van der Waals surface area (Å²) in [5, 5.41) is 8.10. The highest BCUT2D eigenvalue weighted by Gasteiger charge is 2.33. The molecule has 0 radical (unpaired) electrons. The number of amides is 3. The van der Waals surface area contributed by atoms with Crippen LogP contribution < -0.4 is 16.0 Å². The van der Waals surface area contributed by atoms with Crippen molar-refractivity contribution in [3.8, 4) is 11.1 Å². The number of pyridine rings is 1. The maximum Gasteiger partial charge on any atom is 0.417 e. The second-order valence-corrected chi connectivity index (χ2v) is 8.00. The fourth-order valence-electron chi connectivity index (χ4n) is 3.60. The van der Waals surface area contributed by atoms with Crippen LogP contribution in [0.3, 0.4) is 0 Å². The number of para-hydroxylation sites is 1. The smallest absolute Gasteiger partial charge is 0.324 e. The minimum atomic E-state index is -4.65. The van der Waals surface area contributed by atoms with Gasteiger partial charge in [0.25, 0.3) is 0 Å². The lowest BCUT2D eigenvalue weighted by Gasteiger charge is -2.13. The van der Waals surface area contributed by atoms with E-state index in [2.05, 4.69) is 20.9 Å². The molecule has 0 unspecified atom stereocenters. The lowest BCUT2D eigenvalue weighted by Crippen LogP contribution is -2.20. The molecule has 0 fully saturated rings. The molecule has 3 amide bonds. The summed E-state index contributed by atoms with van der Waals surface area (Å²) in [5.41, 5.74) is 2.10. The normalized spacial score (nSPS) is 11.2. The number of benzene rings is 3. The highest BCUT2D eigenvalue weighted by atomic mass is 35.5. The third-order valence-electron chi connectivity index (χ3n) is 5.04. The molecule has 0 aliphatic heterocycles. The van der Waals surface area contributed by atoms with Crippen molar-refractivity contribution in [2.75, 3.05) is 16.0 Å². The molecule has 4 aromatic rings. The van der Waals surface area contributed by atoms with Crippen LogP contribution in [0.4, 0.5) is 35.0 Å². The minimum Gasteiger partial charge on any atom is -0.324 e. The Morgan fingerprint density at radius 1 is 0.886 bits per heavy atom. The number of anilines is 3. The number of rotatable bonds is 4. The van der Waals surface area contributed by atoms with Crippen molar-refractivity contribution in [1.82, 2.24) is 4.98 Å². The van der Waals surface area contributed by atoms with E-state index in [9.17, 15) is 22.8 Å². The zero-order valence-corrected chi connectivity index (χ0v) is 19.0. The first kappa shape index (κ1) is 24.0. The third-order valence-corrected chi connectivity index (χ3v) is 5.37. The van der Waals surface area contributed by atoms with Gasteiger partial charge in [0, 0.05) is 29.9 Å². The van der Waals surface area contributed by atoms with Gasteiger partial charge >= 0.3 is 12.2 Å². The molecule has 1 aromatic heterocycles. The molecule has 0 bridgehead atoms. The molecule has 178 valence electrons. The number of nitrogens with zero attached hydrogens (tertiary/aromatic N) is 1. The van der Waals surface area contributed by atoms with Crippen LogP contribution in [0.15, 0.2) is 72.9 Å². The van der Waals surface area contributed by atoms with Gasteiger partial charge in [0.1, 0.15) is 0 Å². The number of alkyl halides is 3. The molecule has 0 atom stereocenters. The number of nitrogens with one attached hydrogen (secondary N) is 3. The van der Waals surface area contributed by atoms with E-state index in [1.807, 2.05) is 18.2 Å². The number of halogens is 4. The number of carbonyl (C=O) groups is 2. The number of urea groups is 1. The maximum atomic E-state index is 13.1. The average molecular weight is 499 g/mol. The van der Waals surface area contributed by atoms with E-state index in [0.29, 0.717) is 16.9 Å². The van der Waals surface area contributed by atoms with Crippen molar-refractivity contribution in [3.05, 3.63) is 83.5 Å². The number of aromatic nitrogens is 1. The van der Waals surface area contributed by atoms with E-state index in [1.165, 1.54) is 13.0 Å². The standard InChI is InChI=1S/C25H18ClF3N4O2/c1-14(34)31-22-7-3-6-19-18(10-11-30-23(19)22)15-4-2-5-16(12-15)32-24(35)33-17-8-9-21(26)20(13-17)25(27,28)29/h2-13H,1H3,(H,31,34)(H2,32,33,35). The molecule has 6 nitrogen and oxygen atoms in total. The van der Waals surface area contributed by atoms with Crippen LogP contribution in [0.1, 0.15) is 12.5 Å². The van der Waals surface area contributed by atoms with Crippen LogP contribution in [0.25, 0.3) is 22.0 Å². The largest absolute Gasteiger partial charge is 0.417 e. The monoisotopic (exact) mass is 498 g/mol. The Morgan fingerprint density at radius 3 is 2.31 bits per heavy atom. The lowest BCUT2D eigenvalue weighted by atomic mass is 10.0. The van der Waals surface area contributed by atoms with E-state index in [0.717, 1.165) is 28.6 Å². The van der Waals surface area contributed by atoms with Gasteiger partial charge in [-0.25, -0.2) is 4.79 Å². The lowest BCUT2D eigenvalue weighted by molar-refractivity contribution is -0.137. The number of fused-ring (bicyclic) bond motifs is 1. The minimum absolute atomic E-state index is 0.0546. The predicted molar refractivity (Wildman–Crippen MR) is 131 cm³/mol. The molecule has 0 saturated carbocycles. The van der Waals surface area contributed by atoms with Crippen molar-refractivity contribution in [1.29, 1.82) is 0 Å². The van der Waals surface area contributed by atoms with Gasteiger partial charge in [-0.15, -0.1) is 0 Å². The second kappa shape index (κ2) is 9.63. The number of carbonyl (C=O) groups excluding carboxylic acids is 2. The highest BCUT2D eigenvalue weighted by Crippen LogP contribution is 2.36. The van der Waals surface area contributed by atoms with Gasteiger partial charge in [0.05, 0.1) is 21.8 Å². The topological polar surface area (TPSA) is 83.1 Å². The summed E-state index contributed by atoms with van der Waals surface area (Å²) in [7, 11) is 0. The Morgan fingerprint density at radius 2 is 1.60 bits per heavy atom.